The van der Waals surface area contributed by atoms with Gasteiger partial charge >= 0.3 is 5.97 Å². The van der Waals surface area contributed by atoms with Gasteiger partial charge in [-0.3, -0.25) is 9.59 Å². The van der Waals surface area contributed by atoms with Crippen LogP contribution in [0.2, 0.25) is 0 Å². The first-order valence-corrected chi connectivity index (χ1v) is 7.00. The Hall–Kier alpha value is -2.73. The van der Waals surface area contributed by atoms with Gasteiger partial charge in [-0.25, -0.2) is 4.79 Å². The number of methoxy groups -OCH3 is 2. The molecule has 0 aliphatic heterocycles. The number of rotatable bonds is 3. The number of ketones is 2. The second-order valence-electron chi connectivity index (χ2n) is 5.23. The molecule has 0 atom stereocenters. The summed E-state index contributed by atoms with van der Waals surface area (Å²) in [6.07, 6.45) is 0. The van der Waals surface area contributed by atoms with E-state index >= 15 is 0 Å². The zero-order chi connectivity index (χ0) is 16.7. The topological polar surface area (TPSA) is 74.6 Å². The van der Waals surface area contributed by atoms with Crippen molar-refractivity contribution in [2.75, 3.05) is 14.2 Å². The maximum absolute atomic E-state index is 12.9. The van der Waals surface area contributed by atoms with Crippen molar-refractivity contribution in [1.82, 2.24) is 4.57 Å². The van der Waals surface area contributed by atoms with Gasteiger partial charge < -0.3 is 14.0 Å². The summed E-state index contributed by atoms with van der Waals surface area (Å²) in [6, 6.07) is 6.59. The molecule has 0 radical (unpaired) electrons. The van der Waals surface area contributed by atoms with Crippen molar-refractivity contribution >= 4 is 17.5 Å². The summed E-state index contributed by atoms with van der Waals surface area (Å²) in [4.78, 5) is 37.8. The fraction of sp³-hybridized carbons (Fsp3) is 0.235. The highest BCUT2D eigenvalue weighted by Gasteiger charge is 2.39. The standard InChI is InChI=1S/C17H15NO5/c1-18-11(8-22-2)12(17(21)23-3)13-14(18)16(20)10-7-5-4-6-9(10)15(13)19/h4-7H,8H2,1-3H3. The molecule has 1 aliphatic rings. The van der Waals surface area contributed by atoms with Crippen LogP contribution in [-0.2, 0) is 23.1 Å². The molecular weight excluding hydrogens is 298 g/mol. The molecule has 0 saturated heterocycles. The number of hydrogen-bond acceptors (Lipinski definition) is 5. The van der Waals surface area contributed by atoms with Gasteiger partial charge in [-0.1, -0.05) is 24.3 Å². The lowest BCUT2D eigenvalue weighted by Crippen LogP contribution is -2.23. The van der Waals surface area contributed by atoms with Gasteiger partial charge in [0.1, 0.15) is 5.69 Å². The average Bonchev–Trinajstić information content (AvgIpc) is 2.86. The molecule has 0 unspecified atom stereocenters. The Balaban J connectivity index is 2.36. The molecule has 0 fully saturated rings. The van der Waals surface area contributed by atoms with Crippen molar-refractivity contribution < 1.29 is 23.9 Å². The quantitative estimate of drug-likeness (QED) is 0.688. The molecule has 0 amide bonds. The number of carbonyl (C=O) groups excluding carboxylic acids is 3. The monoisotopic (exact) mass is 313 g/mol. The molecule has 1 aliphatic carbocycles. The number of esters is 1. The van der Waals surface area contributed by atoms with Crippen LogP contribution >= 0.6 is 0 Å². The lowest BCUT2D eigenvalue weighted by Gasteiger charge is -2.16. The first-order valence-electron chi connectivity index (χ1n) is 7.00. The fourth-order valence-electron chi connectivity index (χ4n) is 2.99. The lowest BCUT2D eigenvalue weighted by atomic mass is 9.86. The van der Waals surface area contributed by atoms with E-state index in [1.54, 1.807) is 35.9 Å². The third kappa shape index (κ3) is 2.03. The Morgan fingerprint density at radius 2 is 1.70 bits per heavy atom. The molecule has 1 aromatic carbocycles. The summed E-state index contributed by atoms with van der Waals surface area (Å²) >= 11 is 0. The highest BCUT2D eigenvalue weighted by Crippen LogP contribution is 2.33. The van der Waals surface area contributed by atoms with E-state index < -0.39 is 5.97 Å². The maximum atomic E-state index is 12.9. The van der Waals surface area contributed by atoms with Crippen molar-refractivity contribution in [3.63, 3.8) is 0 Å². The van der Waals surface area contributed by atoms with Crippen LogP contribution in [0, 0.1) is 0 Å². The molecule has 2 aromatic rings. The van der Waals surface area contributed by atoms with Gasteiger partial charge in [-0.15, -0.1) is 0 Å². The van der Waals surface area contributed by atoms with E-state index in [9.17, 15) is 14.4 Å². The Labute approximate surface area is 132 Å². The van der Waals surface area contributed by atoms with E-state index in [0.29, 0.717) is 16.8 Å². The summed E-state index contributed by atoms with van der Waals surface area (Å²) in [7, 11) is 4.35. The minimum atomic E-state index is -0.658. The van der Waals surface area contributed by atoms with Crippen LogP contribution < -0.4 is 0 Å². The van der Waals surface area contributed by atoms with E-state index in [0.717, 1.165) is 0 Å². The van der Waals surface area contributed by atoms with Gasteiger partial charge in [0, 0.05) is 25.3 Å². The van der Waals surface area contributed by atoms with Crippen molar-refractivity contribution in [3.05, 3.63) is 57.9 Å². The molecular formula is C17H15NO5. The highest BCUT2D eigenvalue weighted by molar-refractivity contribution is 6.30. The molecule has 1 heterocycles. The number of hydrogen-bond donors (Lipinski definition) is 0. The Morgan fingerprint density at radius 3 is 2.26 bits per heavy atom. The van der Waals surface area contributed by atoms with Gasteiger partial charge in [0.05, 0.1) is 30.5 Å². The second kappa shape index (κ2) is 5.48. The van der Waals surface area contributed by atoms with Gasteiger partial charge in [-0.05, 0) is 0 Å². The minimum Gasteiger partial charge on any atom is -0.465 e. The molecule has 0 spiro atoms. The summed E-state index contributed by atoms with van der Waals surface area (Å²) < 4.78 is 11.5. The molecule has 23 heavy (non-hydrogen) atoms. The van der Waals surface area contributed by atoms with Gasteiger partial charge in [-0.2, -0.15) is 0 Å². The van der Waals surface area contributed by atoms with E-state index in [-0.39, 0.29) is 35.0 Å². The fourth-order valence-corrected chi connectivity index (χ4v) is 2.99. The number of nitrogens with zero attached hydrogens (tertiary/aromatic N) is 1. The van der Waals surface area contributed by atoms with Gasteiger partial charge in [0.2, 0.25) is 5.78 Å². The maximum Gasteiger partial charge on any atom is 0.340 e. The molecule has 0 saturated carbocycles. The molecule has 1 aromatic heterocycles. The molecule has 3 rings (SSSR count). The van der Waals surface area contributed by atoms with E-state index in [2.05, 4.69) is 0 Å². The van der Waals surface area contributed by atoms with E-state index in [4.69, 9.17) is 9.47 Å². The zero-order valence-corrected chi connectivity index (χ0v) is 13.0. The number of benzene rings is 1. The van der Waals surface area contributed by atoms with Crippen molar-refractivity contribution in [2.45, 2.75) is 6.61 Å². The number of ether oxygens (including phenoxy) is 2. The Bertz CT molecular complexity index is 847. The predicted molar refractivity (Wildman–Crippen MR) is 80.8 cm³/mol. The average molecular weight is 313 g/mol. The van der Waals surface area contributed by atoms with Crippen LogP contribution in [0.25, 0.3) is 0 Å². The molecule has 118 valence electrons. The van der Waals surface area contributed by atoms with Crippen LogP contribution in [0.15, 0.2) is 24.3 Å². The lowest BCUT2D eigenvalue weighted by molar-refractivity contribution is 0.0592. The summed E-state index contributed by atoms with van der Waals surface area (Å²) in [5, 5.41) is 0. The van der Waals surface area contributed by atoms with E-state index in [1.807, 2.05) is 0 Å². The van der Waals surface area contributed by atoms with Crippen LogP contribution in [0.4, 0.5) is 0 Å². The molecule has 6 nitrogen and oxygen atoms in total. The van der Waals surface area contributed by atoms with Crippen LogP contribution in [0.1, 0.15) is 48.0 Å². The third-order valence-corrected chi connectivity index (χ3v) is 4.04. The highest BCUT2D eigenvalue weighted by atomic mass is 16.5. The third-order valence-electron chi connectivity index (χ3n) is 4.04. The van der Waals surface area contributed by atoms with Gasteiger partial charge in [0.15, 0.2) is 5.78 Å². The summed E-state index contributed by atoms with van der Waals surface area (Å²) in [5.41, 5.74) is 1.46. The second-order valence-corrected chi connectivity index (χ2v) is 5.23. The molecule has 6 heteroatoms. The van der Waals surface area contributed by atoms with Crippen LogP contribution in [-0.4, -0.2) is 36.3 Å². The summed E-state index contributed by atoms with van der Waals surface area (Å²) in [6.45, 7) is 0.0881. The predicted octanol–water partition coefficient (Wildman–Crippen LogP) is 1.73. The van der Waals surface area contributed by atoms with Crippen molar-refractivity contribution in [2.24, 2.45) is 7.05 Å². The molecule has 0 bridgehead atoms. The summed E-state index contributed by atoms with van der Waals surface area (Å²) in [5.74, 6) is -1.30. The Morgan fingerprint density at radius 1 is 1.09 bits per heavy atom. The smallest absolute Gasteiger partial charge is 0.340 e. The van der Waals surface area contributed by atoms with Crippen molar-refractivity contribution in [3.8, 4) is 0 Å². The Kier molecular flexibility index (Phi) is 3.61. The first-order chi connectivity index (χ1) is 11.0. The largest absolute Gasteiger partial charge is 0.465 e. The zero-order valence-electron chi connectivity index (χ0n) is 13.0. The number of carbonyl (C=O) groups is 3. The first kappa shape index (κ1) is 15.2. The van der Waals surface area contributed by atoms with E-state index in [1.165, 1.54) is 14.2 Å². The SMILES string of the molecule is COCc1c(C(=O)OC)c2c(n1C)C(=O)c1ccccc1C2=O. The molecule has 0 N–H and O–H groups in total. The number of aromatic nitrogens is 1. The number of fused-ring (bicyclic) bond motifs is 2. The van der Waals surface area contributed by atoms with Crippen LogP contribution in [0.3, 0.4) is 0 Å². The van der Waals surface area contributed by atoms with Gasteiger partial charge in [0.25, 0.3) is 0 Å². The normalized spacial score (nSPS) is 12.8. The van der Waals surface area contributed by atoms with Crippen molar-refractivity contribution in [1.29, 1.82) is 0 Å². The van der Waals surface area contributed by atoms with Crippen LogP contribution in [0.5, 0.6) is 0 Å². The minimum absolute atomic E-state index is 0.0881.